The summed E-state index contributed by atoms with van der Waals surface area (Å²) >= 11 is 6.03. The minimum atomic E-state index is -4.04. The second-order valence-corrected chi connectivity index (χ2v) is 12.8. The van der Waals surface area contributed by atoms with Crippen LogP contribution in [0.15, 0.2) is 72.8 Å². The van der Waals surface area contributed by atoms with E-state index in [2.05, 4.69) is 12.8 Å². The zero-order valence-corrected chi connectivity index (χ0v) is 26.8. The maximum Gasteiger partial charge on any atom is 2.00 e. The van der Waals surface area contributed by atoms with E-state index in [1.807, 2.05) is 81.3 Å². The Kier molecular flexibility index (Phi) is 11.6. The SMILES string of the molecule is O=S(=O)(Oc1cccc(Cl)c1)C1C[C@H]2O[C@@H]1C(c1ccc(OCC[C]3[CH][CH][CH][CH]3)cc1)=C2c1ccc(O)cc1.[CH]1[CH][CH][CH][CH]1.[Fe+2]. The molecular weight excluding hydrogens is 652 g/mol. The van der Waals surface area contributed by atoms with E-state index < -0.39 is 27.6 Å². The Morgan fingerprint density at radius 1 is 0.800 bits per heavy atom. The number of benzene rings is 3. The third-order valence-electron chi connectivity index (χ3n) is 7.66. The van der Waals surface area contributed by atoms with Crippen molar-refractivity contribution in [2.24, 2.45) is 0 Å². The number of fused-ring (bicyclic) bond motifs is 2. The molecule has 1 N–H and O–H groups in total. The molecule has 2 aliphatic heterocycles. The number of rotatable bonds is 9. The summed E-state index contributed by atoms with van der Waals surface area (Å²) in [6.45, 7) is 0.555. The molecule has 7 rings (SSSR count). The van der Waals surface area contributed by atoms with Gasteiger partial charge in [0, 0.05) is 17.5 Å². The molecule has 0 amide bonds. The van der Waals surface area contributed by atoms with Crippen LogP contribution in [-0.2, 0) is 31.9 Å². The average Bonchev–Trinajstić information content (AvgIpc) is 3.84. The Morgan fingerprint density at radius 3 is 2.07 bits per heavy atom. The van der Waals surface area contributed by atoms with Gasteiger partial charge in [-0.2, -0.15) is 8.42 Å². The number of aromatic hydroxyl groups is 1. The number of phenolic OH excluding ortho intramolecular Hbond substituents is 1. The normalized spacial score (nSPS) is 22.6. The molecule has 0 aromatic heterocycles. The van der Waals surface area contributed by atoms with Gasteiger partial charge in [-0.3, -0.25) is 0 Å². The van der Waals surface area contributed by atoms with Gasteiger partial charge in [0.25, 0.3) is 0 Å². The Labute approximate surface area is 282 Å². The summed E-state index contributed by atoms with van der Waals surface area (Å²) in [5.41, 5.74) is 3.43. The summed E-state index contributed by atoms with van der Waals surface area (Å²) in [4.78, 5) is 0. The van der Waals surface area contributed by atoms with Gasteiger partial charge in [0.1, 0.15) is 28.6 Å². The van der Waals surface area contributed by atoms with Crippen LogP contribution in [0.5, 0.6) is 17.2 Å². The van der Waals surface area contributed by atoms with Crippen molar-refractivity contribution in [3.8, 4) is 17.2 Å². The summed E-state index contributed by atoms with van der Waals surface area (Å²) < 4.78 is 44.5. The Bertz CT molecular complexity index is 1540. The second-order valence-electron chi connectivity index (χ2n) is 10.6. The first-order valence-electron chi connectivity index (χ1n) is 14.4. The monoisotopic (exact) mass is 682 g/mol. The molecule has 0 spiro atoms. The Morgan fingerprint density at radius 2 is 1.42 bits per heavy atom. The maximum atomic E-state index is 13.4. The zero-order chi connectivity index (χ0) is 30.5. The van der Waals surface area contributed by atoms with Crippen LogP contribution in [0, 0.1) is 63.7 Å². The van der Waals surface area contributed by atoms with Gasteiger partial charge >= 0.3 is 27.2 Å². The van der Waals surface area contributed by atoms with Crippen LogP contribution in [0.25, 0.3) is 11.1 Å². The van der Waals surface area contributed by atoms with Crippen LogP contribution in [0.1, 0.15) is 24.0 Å². The summed E-state index contributed by atoms with van der Waals surface area (Å²) in [5.74, 6) is 2.28. The molecule has 2 bridgehead atoms. The molecule has 1 unspecified atom stereocenters. The maximum absolute atomic E-state index is 13.4. The predicted octanol–water partition coefficient (Wildman–Crippen LogP) is 7.10. The molecule has 10 radical (unpaired) electrons. The zero-order valence-electron chi connectivity index (χ0n) is 24.1. The van der Waals surface area contributed by atoms with E-state index in [-0.39, 0.29) is 35.0 Å². The fourth-order valence-electron chi connectivity index (χ4n) is 5.63. The standard InChI is InChI=1S/C31H26ClO6S.C5H5.Fe/c32-23-6-3-7-26(18-23)38-39(34,35)28-19-27-29(21-8-12-24(33)13-9-21)30(31(28)37-27)22-10-14-25(15-11-22)36-17-16-20-4-1-2-5-20;1-2-4-5-3-1;/h1-15,18,27-28,31,33H,16-17,19H2;1-5H;/q;;+2/t27-,28?,31+;;/m1../s1. The molecule has 3 fully saturated rings. The van der Waals surface area contributed by atoms with E-state index >= 15 is 0 Å². The average molecular weight is 683 g/mol. The molecule has 3 atom stereocenters. The molecule has 1 saturated heterocycles. The van der Waals surface area contributed by atoms with E-state index in [4.69, 9.17) is 25.3 Å². The number of phenols is 1. The van der Waals surface area contributed by atoms with E-state index in [0.29, 0.717) is 11.6 Å². The van der Waals surface area contributed by atoms with Crippen molar-refractivity contribution in [3.05, 3.63) is 153 Å². The molecule has 3 aromatic rings. The van der Waals surface area contributed by atoms with E-state index in [9.17, 15) is 13.5 Å². The predicted molar refractivity (Wildman–Crippen MR) is 171 cm³/mol. The van der Waals surface area contributed by atoms with Crippen molar-refractivity contribution < 1.29 is 44.2 Å². The summed E-state index contributed by atoms with van der Waals surface area (Å²) in [5, 5.41) is 9.32. The van der Waals surface area contributed by atoms with E-state index in [0.717, 1.165) is 34.4 Å². The Hall–Kier alpha value is -2.48. The fourth-order valence-corrected chi connectivity index (χ4v) is 7.22. The molecule has 4 aliphatic rings. The van der Waals surface area contributed by atoms with Crippen molar-refractivity contribution in [2.75, 3.05) is 6.61 Å². The molecule has 2 heterocycles. The van der Waals surface area contributed by atoms with Crippen LogP contribution in [0.4, 0.5) is 0 Å². The van der Waals surface area contributed by atoms with Crippen molar-refractivity contribution in [1.82, 2.24) is 0 Å². The van der Waals surface area contributed by atoms with Crippen molar-refractivity contribution >= 4 is 32.9 Å². The van der Waals surface area contributed by atoms with Crippen molar-refractivity contribution in [2.45, 2.75) is 30.3 Å². The van der Waals surface area contributed by atoms with Crippen molar-refractivity contribution in [3.63, 3.8) is 0 Å². The fraction of sp³-hybridized carbons (Fsp3) is 0.167. The first-order chi connectivity index (χ1) is 21.4. The molecule has 2 saturated carbocycles. The summed E-state index contributed by atoms with van der Waals surface area (Å²) in [7, 11) is -4.04. The molecule has 2 aliphatic carbocycles. The van der Waals surface area contributed by atoms with Gasteiger partial charge in [-0.05, 0) is 129 Å². The first kappa shape index (κ1) is 33.9. The molecule has 9 heteroatoms. The van der Waals surface area contributed by atoms with E-state index in [1.54, 1.807) is 30.3 Å². The van der Waals surface area contributed by atoms with Gasteiger partial charge in [-0.25, -0.2) is 0 Å². The first-order valence-corrected chi connectivity index (χ1v) is 16.2. The van der Waals surface area contributed by atoms with Crippen LogP contribution >= 0.6 is 11.6 Å². The van der Waals surface area contributed by atoms with Gasteiger partial charge < -0.3 is 18.8 Å². The minimum absolute atomic E-state index is 0. The van der Waals surface area contributed by atoms with Crippen LogP contribution in [0.2, 0.25) is 5.02 Å². The molecule has 6 nitrogen and oxygen atoms in total. The molecule has 3 aromatic carbocycles. The van der Waals surface area contributed by atoms with Gasteiger partial charge in [0.2, 0.25) is 0 Å². The quantitative estimate of drug-likeness (QED) is 0.192. The largest absolute Gasteiger partial charge is 2.00 e. The van der Waals surface area contributed by atoms with Crippen molar-refractivity contribution in [1.29, 1.82) is 0 Å². The minimum Gasteiger partial charge on any atom is -0.508 e. The summed E-state index contributed by atoms with van der Waals surface area (Å²) in [6.07, 6.45) is 18.1. The van der Waals surface area contributed by atoms with Gasteiger partial charge in [0.15, 0.2) is 0 Å². The Balaban J connectivity index is 0.000000609. The van der Waals surface area contributed by atoms with Crippen LogP contribution in [-0.4, -0.2) is 37.6 Å². The number of halogens is 1. The third kappa shape index (κ3) is 8.28. The van der Waals surface area contributed by atoms with E-state index in [1.165, 1.54) is 12.0 Å². The number of ether oxygens (including phenoxy) is 2. The van der Waals surface area contributed by atoms with Crippen LogP contribution in [0.3, 0.4) is 0 Å². The number of hydrogen-bond acceptors (Lipinski definition) is 6. The molecular formula is C36H31ClFeO6S+2. The van der Waals surface area contributed by atoms with Crippen LogP contribution < -0.4 is 8.92 Å². The third-order valence-corrected chi connectivity index (χ3v) is 9.50. The van der Waals surface area contributed by atoms with Gasteiger partial charge in [-0.1, -0.05) is 41.9 Å². The number of hydrogen-bond donors (Lipinski definition) is 1. The van der Waals surface area contributed by atoms with Gasteiger partial charge in [0.05, 0.1) is 12.7 Å². The summed E-state index contributed by atoms with van der Waals surface area (Å²) in [6, 6.07) is 20.8. The molecule has 45 heavy (non-hydrogen) atoms. The molecule has 230 valence electrons. The smallest absolute Gasteiger partial charge is 0.508 e. The second kappa shape index (κ2) is 15.4. The van der Waals surface area contributed by atoms with Gasteiger partial charge in [-0.15, -0.1) is 0 Å². The topological polar surface area (TPSA) is 82.1 Å².